The second-order valence-electron chi connectivity index (χ2n) is 6.07. The molecule has 9 heteroatoms. The molecule has 0 N–H and O–H groups in total. The summed E-state index contributed by atoms with van der Waals surface area (Å²) >= 11 is 6.09. The Bertz CT molecular complexity index is 972. The number of furan rings is 1. The van der Waals surface area contributed by atoms with Gasteiger partial charge in [0.05, 0.1) is 24.3 Å². The van der Waals surface area contributed by atoms with E-state index in [0.717, 1.165) is 0 Å². The van der Waals surface area contributed by atoms with Crippen LogP contribution in [0.4, 0.5) is 10.1 Å². The number of hydrogen-bond donors (Lipinski definition) is 0. The van der Waals surface area contributed by atoms with Crippen LogP contribution in [0.2, 0.25) is 5.02 Å². The lowest BCUT2D eigenvalue weighted by molar-refractivity contribution is -0.384. The lowest BCUT2D eigenvalue weighted by Gasteiger charge is -2.23. The highest BCUT2D eigenvalue weighted by atomic mass is 35.5. The maximum atomic E-state index is 14.2. The van der Waals surface area contributed by atoms with Gasteiger partial charge in [0.25, 0.3) is 11.6 Å². The van der Waals surface area contributed by atoms with Crippen LogP contribution in [0, 0.1) is 15.9 Å². The molecule has 2 aromatic carbocycles. The largest absolute Gasteiger partial charge is 0.484 e. The van der Waals surface area contributed by atoms with E-state index in [1.54, 1.807) is 18.2 Å². The van der Waals surface area contributed by atoms with E-state index < -0.39 is 16.6 Å². The Hall–Kier alpha value is -3.39. The number of nitro groups is 1. The lowest BCUT2D eigenvalue weighted by Crippen LogP contribution is -2.34. The maximum Gasteiger partial charge on any atom is 0.269 e. The summed E-state index contributed by atoms with van der Waals surface area (Å²) in [6.45, 7) is -0.320. The van der Waals surface area contributed by atoms with Crippen molar-refractivity contribution in [2.75, 3.05) is 6.61 Å². The first-order chi connectivity index (χ1) is 13.9. The molecule has 0 saturated heterocycles. The number of nitro benzene ring substituents is 1. The number of non-ortho nitro benzene ring substituents is 1. The van der Waals surface area contributed by atoms with Crippen LogP contribution in [0.5, 0.6) is 5.75 Å². The first-order valence-corrected chi connectivity index (χ1v) is 8.92. The molecule has 29 heavy (non-hydrogen) atoms. The third-order valence-electron chi connectivity index (χ3n) is 4.10. The Kier molecular flexibility index (Phi) is 6.46. The topological polar surface area (TPSA) is 85.8 Å². The molecule has 0 fully saturated rings. The third-order valence-corrected chi connectivity index (χ3v) is 4.45. The van der Waals surface area contributed by atoms with Crippen molar-refractivity contribution in [1.29, 1.82) is 0 Å². The summed E-state index contributed by atoms with van der Waals surface area (Å²) in [5, 5.41) is 10.9. The van der Waals surface area contributed by atoms with E-state index in [9.17, 15) is 19.3 Å². The average molecular weight is 419 g/mol. The molecule has 0 aliphatic carbocycles. The molecule has 0 radical (unpaired) electrons. The number of hydrogen-bond acceptors (Lipinski definition) is 5. The van der Waals surface area contributed by atoms with Gasteiger partial charge in [-0.15, -0.1) is 0 Å². The smallest absolute Gasteiger partial charge is 0.269 e. The van der Waals surface area contributed by atoms with E-state index in [-0.39, 0.29) is 36.0 Å². The van der Waals surface area contributed by atoms with Gasteiger partial charge in [0.15, 0.2) is 6.61 Å². The van der Waals surface area contributed by atoms with Crippen LogP contribution in [0.1, 0.15) is 11.3 Å². The van der Waals surface area contributed by atoms with Crippen molar-refractivity contribution >= 4 is 23.2 Å². The molecule has 3 rings (SSSR count). The van der Waals surface area contributed by atoms with Crippen LogP contribution >= 0.6 is 11.6 Å². The molecular weight excluding hydrogens is 403 g/mol. The number of benzene rings is 2. The van der Waals surface area contributed by atoms with Gasteiger partial charge in [-0.1, -0.05) is 17.7 Å². The fourth-order valence-corrected chi connectivity index (χ4v) is 2.82. The van der Waals surface area contributed by atoms with E-state index in [4.69, 9.17) is 20.8 Å². The standard InChI is InChI=1S/C20H16ClFN2O5/c21-18-4-1-5-19(22)17(18)12-23(11-16-3-2-10-28-16)20(25)13-29-15-8-6-14(7-9-15)24(26)27/h1-10H,11-13H2. The van der Waals surface area contributed by atoms with Crippen molar-refractivity contribution in [1.82, 2.24) is 4.90 Å². The highest BCUT2D eigenvalue weighted by molar-refractivity contribution is 6.31. The number of halogens is 2. The third kappa shape index (κ3) is 5.32. The van der Waals surface area contributed by atoms with Gasteiger partial charge in [0.2, 0.25) is 0 Å². The van der Waals surface area contributed by atoms with Crippen LogP contribution < -0.4 is 4.74 Å². The van der Waals surface area contributed by atoms with Gasteiger partial charge < -0.3 is 14.1 Å². The van der Waals surface area contributed by atoms with Crippen LogP contribution in [0.15, 0.2) is 65.3 Å². The summed E-state index contributed by atoms with van der Waals surface area (Å²) in [7, 11) is 0. The van der Waals surface area contributed by atoms with Gasteiger partial charge in [-0.05, 0) is 36.4 Å². The molecule has 1 amide bonds. The molecule has 0 saturated carbocycles. The van der Waals surface area contributed by atoms with Crippen molar-refractivity contribution in [3.05, 3.63) is 93.1 Å². The molecule has 0 aliphatic heterocycles. The molecular formula is C20H16ClFN2O5. The SMILES string of the molecule is O=C(COc1ccc([N+](=O)[O-])cc1)N(Cc1ccco1)Cc1c(F)cccc1Cl. The molecule has 0 unspecified atom stereocenters. The highest BCUT2D eigenvalue weighted by Gasteiger charge is 2.20. The minimum atomic E-state index is -0.530. The van der Waals surface area contributed by atoms with E-state index in [0.29, 0.717) is 11.5 Å². The molecule has 1 aromatic heterocycles. The summed E-state index contributed by atoms with van der Waals surface area (Å²) in [6.07, 6.45) is 1.47. The van der Waals surface area contributed by atoms with E-state index in [2.05, 4.69) is 0 Å². The van der Waals surface area contributed by atoms with Gasteiger partial charge in [0, 0.05) is 22.7 Å². The Morgan fingerprint density at radius 1 is 1.14 bits per heavy atom. The lowest BCUT2D eigenvalue weighted by atomic mass is 10.2. The molecule has 0 aliphatic rings. The number of ether oxygens (including phenoxy) is 1. The predicted molar refractivity (Wildman–Crippen MR) is 103 cm³/mol. The highest BCUT2D eigenvalue weighted by Crippen LogP contribution is 2.22. The molecule has 0 bridgehead atoms. The molecule has 1 heterocycles. The van der Waals surface area contributed by atoms with E-state index in [1.165, 1.54) is 47.6 Å². The first kappa shape index (κ1) is 20.3. The maximum absolute atomic E-state index is 14.2. The Labute approximate surface area is 170 Å². The fraction of sp³-hybridized carbons (Fsp3) is 0.150. The Morgan fingerprint density at radius 3 is 2.52 bits per heavy atom. The van der Waals surface area contributed by atoms with Gasteiger partial charge >= 0.3 is 0 Å². The predicted octanol–water partition coefficient (Wildman–Crippen LogP) is 4.59. The minimum absolute atomic E-state index is 0.0747. The summed E-state index contributed by atoms with van der Waals surface area (Å²) in [6, 6.07) is 13.0. The molecule has 0 atom stereocenters. The van der Waals surface area contributed by atoms with Crippen LogP contribution in [0.3, 0.4) is 0 Å². The monoisotopic (exact) mass is 418 g/mol. The van der Waals surface area contributed by atoms with Crippen molar-refractivity contribution < 1.29 is 23.3 Å². The molecule has 150 valence electrons. The van der Waals surface area contributed by atoms with Gasteiger partial charge in [0.1, 0.15) is 17.3 Å². The molecule has 0 spiro atoms. The molecule has 7 nitrogen and oxygen atoms in total. The van der Waals surface area contributed by atoms with Crippen molar-refractivity contribution in [3.63, 3.8) is 0 Å². The number of carbonyl (C=O) groups excluding carboxylic acids is 1. The van der Waals surface area contributed by atoms with Crippen molar-refractivity contribution in [3.8, 4) is 5.75 Å². The van der Waals surface area contributed by atoms with E-state index in [1.807, 2.05) is 0 Å². The Balaban J connectivity index is 1.72. The number of rotatable bonds is 8. The second-order valence-corrected chi connectivity index (χ2v) is 6.48. The van der Waals surface area contributed by atoms with Crippen LogP contribution in [-0.4, -0.2) is 22.3 Å². The van der Waals surface area contributed by atoms with Gasteiger partial charge in [-0.3, -0.25) is 14.9 Å². The summed E-state index contributed by atoms with van der Waals surface area (Å²) in [4.78, 5) is 24.3. The quantitative estimate of drug-likeness (QED) is 0.394. The van der Waals surface area contributed by atoms with Crippen molar-refractivity contribution in [2.45, 2.75) is 13.1 Å². The average Bonchev–Trinajstić information content (AvgIpc) is 3.21. The fourth-order valence-electron chi connectivity index (χ4n) is 2.60. The summed E-state index contributed by atoms with van der Waals surface area (Å²) in [5.74, 6) is -0.142. The zero-order chi connectivity index (χ0) is 20.8. The zero-order valence-corrected chi connectivity index (χ0v) is 15.8. The molecule has 3 aromatic rings. The van der Waals surface area contributed by atoms with Crippen molar-refractivity contribution in [2.24, 2.45) is 0 Å². The normalized spacial score (nSPS) is 10.6. The zero-order valence-electron chi connectivity index (χ0n) is 15.1. The first-order valence-electron chi connectivity index (χ1n) is 8.54. The van der Waals surface area contributed by atoms with Crippen LogP contribution in [0.25, 0.3) is 0 Å². The number of nitrogens with zero attached hydrogens (tertiary/aromatic N) is 2. The van der Waals surface area contributed by atoms with Crippen LogP contribution in [-0.2, 0) is 17.9 Å². The second kappa shape index (κ2) is 9.20. The van der Waals surface area contributed by atoms with Gasteiger partial charge in [-0.2, -0.15) is 0 Å². The minimum Gasteiger partial charge on any atom is -0.484 e. The van der Waals surface area contributed by atoms with Gasteiger partial charge in [-0.25, -0.2) is 4.39 Å². The summed E-state index contributed by atoms with van der Waals surface area (Å²) < 4.78 is 24.9. The van der Waals surface area contributed by atoms with E-state index >= 15 is 0 Å². The number of amides is 1. The summed E-state index contributed by atoms with van der Waals surface area (Å²) in [5.41, 5.74) is 0.0988. The number of carbonyl (C=O) groups is 1. The Morgan fingerprint density at radius 2 is 1.90 bits per heavy atom.